The van der Waals surface area contributed by atoms with Gasteiger partial charge in [-0.2, -0.15) is 0 Å². The van der Waals surface area contributed by atoms with Gasteiger partial charge in [-0.05, 0) is 36.9 Å². The minimum absolute atomic E-state index is 0.119. The molecular formula is C14H25BrN4O. The van der Waals surface area contributed by atoms with Gasteiger partial charge < -0.3 is 15.3 Å². The Morgan fingerprint density at radius 2 is 1.85 bits per heavy atom. The molecule has 1 heterocycles. The highest BCUT2D eigenvalue weighted by Crippen LogP contribution is 2.22. The topological polar surface area (TPSA) is 61.3 Å². The summed E-state index contributed by atoms with van der Waals surface area (Å²) >= 11 is 3.40. The second kappa shape index (κ2) is 6.37. The standard InChI is InChI=1S/C14H25BrN4O/c1-13(2,3)12-17-10(15)7-11(18-12)16-8-14(4,20)9-19(5)6/h7,20H,8-9H2,1-6H3,(H,16,17,18). The average Bonchev–Trinajstić information content (AvgIpc) is 2.23. The zero-order valence-electron chi connectivity index (χ0n) is 13.2. The quantitative estimate of drug-likeness (QED) is 0.802. The number of aromatic nitrogens is 2. The highest BCUT2D eigenvalue weighted by molar-refractivity contribution is 9.10. The van der Waals surface area contributed by atoms with Gasteiger partial charge in [-0.3, -0.25) is 0 Å². The molecule has 0 amide bonds. The van der Waals surface area contributed by atoms with Gasteiger partial charge in [0.15, 0.2) is 0 Å². The van der Waals surface area contributed by atoms with Gasteiger partial charge in [-0.25, -0.2) is 9.97 Å². The molecule has 0 bridgehead atoms. The SMILES string of the molecule is CN(C)CC(C)(O)CNc1cc(Br)nc(C(C)(C)C)n1. The van der Waals surface area contributed by atoms with Crippen LogP contribution in [0.1, 0.15) is 33.5 Å². The molecule has 1 unspecified atom stereocenters. The fourth-order valence-electron chi connectivity index (χ4n) is 1.86. The van der Waals surface area contributed by atoms with Gasteiger partial charge in [-0.1, -0.05) is 20.8 Å². The number of rotatable bonds is 5. The van der Waals surface area contributed by atoms with Gasteiger partial charge in [-0.15, -0.1) is 0 Å². The summed E-state index contributed by atoms with van der Waals surface area (Å²) in [5.41, 5.74) is -0.935. The zero-order chi connectivity index (χ0) is 15.6. The summed E-state index contributed by atoms with van der Waals surface area (Å²) in [7, 11) is 3.88. The van der Waals surface area contributed by atoms with Crippen molar-refractivity contribution in [3.8, 4) is 0 Å². The van der Waals surface area contributed by atoms with E-state index >= 15 is 0 Å². The Labute approximate surface area is 129 Å². The van der Waals surface area contributed by atoms with Crippen LogP contribution in [0.2, 0.25) is 0 Å². The van der Waals surface area contributed by atoms with E-state index in [1.54, 1.807) is 6.92 Å². The van der Waals surface area contributed by atoms with Crippen LogP contribution in [0.4, 0.5) is 5.82 Å². The van der Waals surface area contributed by atoms with Crippen LogP contribution < -0.4 is 5.32 Å². The van der Waals surface area contributed by atoms with Crippen LogP contribution in [-0.2, 0) is 5.41 Å². The van der Waals surface area contributed by atoms with Crippen molar-refractivity contribution in [3.05, 3.63) is 16.5 Å². The highest BCUT2D eigenvalue weighted by atomic mass is 79.9. The largest absolute Gasteiger partial charge is 0.387 e. The van der Waals surface area contributed by atoms with Crippen LogP contribution in [0.3, 0.4) is 0 Å². The van der Waals surface area contributed by atoms with Gasteiger partial charge >= 0.3 is 0 Å². The van der Waals surface area contributed by atoms with Crippen LogP contribution >= 0.6 is 15.9 Å². The van der Waals surface area contributed by atoms with Gasteiger partial charge in [0.25, 0.3) is 0 Å². The molecule has 0 spiro atoms. The maximum absolute atomic E-state index is 10.3. The van der Waals surface area contributed by atoms with E-state index < -0.39 is 5.60 Å². The van der Waals surface area contributed by atoms with Gasteiger partial charge in [0.05, 0.1) is 5.60 Å². The normalized spacial score (nSPS) is 15.2. The third kappa shape index (κ3) is 5.73. The summed E-state index contributed by atoms with van der Waals surface area (Å²) in [4.78, 5) is 10.9. The lowest BCUT2D eigenvalue weighted by Crippen LogP contribution is -2.43. The minimum Gasteiger partial charge on any atom is -0.387 e. The molecule has 1 aromatic heterocycles. The lowest BCUT2D eigenvalue weighted by Gasteiger charge is -2.27. The average molecular weight is 345 g/mol. The maximum Gasteiger partial charge on any atom is 0.137 e. The van der Waals surface area contributed by atoms with Crippen LogP contribution in [0.25, 0.3) is 0 Å². The third-order valence-corrected chi connectivity index (χ3v) is 3.08. The van der Waals surface area contributed by atoms with Gasteiger partial charge in [0, 0.05) is 24.6 Å². The first-order valence-electron chi connectivity index (χ1n) is 6.66. The molecular weight excluding hydrogens is 320 g/mol. The van der Waals surface area contributed by atoms with E-state index in [1.165, 1.54) is 0 Å². The number of halogens is 1. The van der Waals surface area contributed by atoms with Crippen molar-refractivity contribution in [1.82, 2.24) is 14.9 Å². The minimum atomic E-state index is -0.817. The molecule has 114 valence electrons. The smallest absolute Gasteiger partial charge is 0.137 e. The third-order valence-electron chi connectivity index (χ3n) is 2.67. The molecule has 0 aliphatic carbocycles. The predicted octanol–water partition coefficient (Wildman–Crippen LogP) is 2.26. The number of anilines is 1. The molecule has 1 rings (SSSR count). The number of hydrogen-bond acceptors (Lipinski definition) is 5. The van der Waals surface area contributed by atoms with Crippen LogP contribution in [0.5, 0.6) is 0 Å². The molecule has 0 fully saturated rings. The van der Waals surface area contributed by atoms with E-state index in [0.717, 1.165) is 16.2 Å². The summed E-state index contributed by atoms with van der Waals surface area (Å²) < 4.78 is 0.743. The molecule has 20 heavy (non-hydrogen) atoms. The first kappa shape index (κ1) is 17.3. The maximum atomic E-state index is 10.3. The Morgan fingerprint density at radius 1 is 1.25 bits per heavy atom. The zero-order valence-corrected chi connectivity index (χ0v) is 14.7. The lowest BCUT2D eigenvalue weighted by atomic mass is 9.96. The fourth-order valence-corrected chi connectivity index (χ4v) is 2.25. The number of nitrogens with zero attached hydrogens (tertiary/aromatic N) is 3. The van der Waals surface area contributed by atoms with Crippen molar-refractivity contribution in [3.63, 3.8) is 0 Å². The highest BCUT2D eigenvalue weighted by Gasteiger charge is 2.22. The van der Waals surface area contributed by atoms with E-state index in [0.29, 0.717) is 13.1 Å². The molecule has 0 radical (unpaired) electrons. The van der Waals surface area contributed by atoms with E-state index in [1.807, 2.05) is 25.1 Å². The monoisotopic (exact) mass is 344 g/mol. The molecule has 0 aromatic carbocycles. The second-order valence-corrected chi connectivity index (χ2v) is 7.55. The van der Waals surface area contributed by atoms with Crippen molar-refractivity contribution in [1.29, 1.82) is 0 Å². The summed E-state index contributed by atoms with van der Waals surface area (Å²) in [6.07, 6.45) is 0. The van der Waals surface area contributed by atoms with Crippen molar-refractivity contribution in [2.75, 3.05) is 32.5 Å². The van der Waals surface area contributed by atoms with Crippen molar-refractivity contribution < 1.29 is 5.11 Å². The molecule has 1 atom stereocenters. The molecule has 0 saturated carbocycles. The summed E-state index contributed by atoms with van der Waals surface area (Å²) in [5.74, 6) is 1.48. The number of nitrogens with one attached hydrogen (secondary N) is 1. The van der Waals surface area contributed by atoms with Crippen LogP contribution in [0, 0.1) is 0 Å². The molecule has 0 aliphatic heterocycles. The first-order valence-corrected chi connectivity index (χ1v) is 7.45. The van der Waals surface area contributed by atoms with E-state index in [2.05, 4.69) is 52.0 Å². The number of hydrogen-bond donors (Lipinski definition) is 2. The molecule has 2 N–H and O–H groups in total. The first-order chi connectivity index (χ1) is 8.99. The van der Waals surface area contributed by atoms with Crippen LogP contribution in [0.15, 0.2) is 10.7 Å². The van der Waals surface area contributed by atoms with Crippen LogP contribution in [-0.4, -0.2) is 52.8 Å². The Morgan fingerprint density at radius 3 is 2.35 bits per heavy atom. The Hall–Kier alpha value is -0.720. The van der Waals surface area contributed by atoms with Gasteiger partial charge in [0.2, 0.25) is 0 Å². The molecule has 6 heteroatoms. The summed E-state index contributed by atoms with van der Waals surface area (Å²) in [6.45, 7) is 9.03. The lowest BCUT2D eigenvalue weighted by molar-refractivity contribution is 0.0459. The number of likely N-dealkylation sites (N-methyl/N-ethyl adjacent to an activating group) is 1. The van der Waals surface area contributed by atoms with E-state index in [9.17, 15) is 5.11 Å². The Balaban J connectivity index is 2.81. The van der Waals surface area contributed by atoms with Crippen molar-refractivity contribution >= 4 is 21.7 Å². The second-order valence-electron chi connectivity index (χ2n) is 6.74. The predicted molar refractivity (Wildman–Crippen MR) is 86.1 cm³/mol. The van der Waals surface area contributed by atoms with Gasteiger partial charge in [0.1, 0.15) is 16.2 Å². The fraction of sp³-hybridized carbons (Fsp3) is 0.714. The van der Waals surface area contributed by atoms with Crippen molar-refractivity contribution in [2.24, 2.45) is 0 Å². The van der Waals surface area contributed by atoms with Crippen molar-refractivity contribution in [2.45, 2.75) is 38.7 Å². The number of aliphatic hydroxyl groups is 1. The summed E-state index contributed by atoms with van der Waals surface area (Å²) in [6, 6.07) is 1.82. The summed E-state index contributed by atoms with van der Waals surface area (Å²) in [5, 5.41) is 13.5. The van der Waals surface area contributed by atoms with E-state index in [-0.39, 0.29) is 5.41 Å². The Kier molecular flexibility index (Phi) is 5.52. The molecule has 0 saturated heterocycles. The molecule has 5 nitrogen and oxygen atoms in total. The molecule has 0 aliphatic rings. The van der Waals surface area contributed by atoms with E-state index in [4.69, 9.17) is 0 Å². The Bertz CT molecular complexity index is 455. The molecule has 1 aromatic rings.